The number of rotatable bonds is 1. The van der Waals surface area contributed by atoms with E-state index >= 15 is 0 Å². The SMILES string of the molecule is CC(C)n1nnc2c1-c1ccccc1N(S)Cc1ccccc1-2. The first-order chi connectivity index (χ1) is 11.2. The Morgan fingerprint density at radius 2 is 1.70 bits per heavy atom. The maximum absolute atomic E-state index is 4.72. The second-order valence-corrected chi connectivity index (χ2v) is 6.54. The smallest absolute Gasteiger partial charge is 0.121 e. The van der Waals surface area contributed by atoms with Crippen LogP contribution in [0.25, 0.3) is 22.5 Å². The number of anilines is 1. The fourth-order valence-corrected chi connectivity index (χ4v) is 3.45. The molecule has 1 aromatic heterocycles. The van der Waals surface area contributed by atoms with E-state index in [2.05, 4.69) is 60.6 Å². The van der Waals surface area contributed by atoms with Crippen molar-refractivity contribution >= 4 is 18.5 Å². The molecule has 5 heteroatoms. The highest BCUT2D eigenvalue weighted by atomic mass is 32.1. The maximum atomic E-state index is 4.72. The van der Waals surface area contributed by atoms with Crippen LogP contribution in [0.1, 0.15) is 25.5 Å². The molecule has 0 aliphatic carbocycles. The fraction of sp³-hybridized carbons (Fsp3) is 0.222. The summed E-state index contributed by atoms with van der Waals surface area (Å²) in [6, 6.07) is 16.9. The molecular weight excluding hydrogens is 304 g/mol. The summed E-state index contributed by atoms with van der Waals surface area (Å²) in [5.41, 5.74) is 6.53. The predicted molar refractivity (Wildman–Crippen MR) is 96.4 cm³/mol. The van der Waals surface area contributed by atoms with Crippen molar-refractivity contribution in [3.63, 3.8) is 0 Å². The topological polar surface area (TPSA) is 34.0 Å². The van der Waals surface area contributed by atoms with Crippen molar-refractivity contribution in [2.24, 2.45) is 0 Å². The summed E-state index contributed by atoms with van der Waals surface area (Å²) in [5.74, 6) is 0. The Kier molecular flexibility index (Phi) is 3.38. The Balaban J connectivity index is 2.10. The molecule has 0 saturated heterocycles. The molecule has 0 bridgehead atoms. The molecular formula is C18H18N4S. The monoisotopic (exact) mass is 322 g/mol. The summed E-state index contributed by atoms with van der Waals surface area (Å²) in [6.45, 7) is 4.98. The molecule has 4 rings (SSSR count). The quantitative estimate of drug-likeness (QED) is 0.676. The van der Waals surface area contributed by atoms with Crippen molar-refractivity contribution in [2.45, 2.75) is 26.4 Å². The molecule has 1 aliphatic rings. The number of benzene rings is 2. The molecule has 0 radical (unpaired) electrons. The van der Waals surface area contributed by atoms with Gasteiger partial charge >= 0.3 is 0 Å². The van der Waals surface area contributed by atoms with E-state index in [9.17, 15) is 0 Å². The molecule has 0 fully saturated rings. The third kappa shape index (κ3) is 2.23. The van der Waals surface area contributed by atoms with E-state index in [1.165, 1.54) is 5.56 Å². The second kappa shape index (κ2) is 5.42. The molecule has 0 unspecified atom stereocenters. The van der Waals surface area contributed by atoms with Gasteiger partial charge in [0.1, 0.15) is 5.69 Å². The van der Waals surface area contributed by atoms with Crippen LogP contribution in [0.5, 0.6) is 0 Å². The maximum Gasteiger partial charge on any atom is 0.121 e. The highest BCUT2D eigenvalue weighted by molar-refractivity contribution is 7.81. The Labute approximate surface area is 141 Å². The average molecular weight is 322 g/mol. The molecule has 0 spiro atoms. The van der Waals surface area contributed by atoms with E-state index < -0.39 is 0 Å². The number of hydrogen-bond donors (Lipinski definition) is 1. The van der Waals surface area contributed by atoms with Crippen LogP contribution in [0.15, 0.2) is 48.5 Å². The lowest BCUT2D eigenvalue weighted by atomic mass is 9.96. The van der Waals surface area contributed by atoms with E-state index in [0.29, 0.717) is 0 Å². The minimum atomic E-state index is 0.235. The lowest BCUT2D eigenvalue weighted by molar-refractivity contribution is 0.519. The van der Waals surface area contributed by atoms with E-state index in [4.69, 9.17) is 12.8 Å². The van der Waals surface area contributed by atoms with E-state index in [-0.39, 0.29) is 6.04 Å². The Morgan fingerprint density at radius 1 is 1.00 bits per heavy atom. The average Bonchev–Trinajstić information content (AvgIpc) is 2.98. The minimum absolute atomic E-state index is 0.235. The number of hydrogen-bond acceptors (Lipinski definition) is 4. The molecule has 0 N–H and O–H groups in total. The summed E-state index contributed by atoms with van der Waals surface area (Å²) >= 11 is 4.72. The number of aromatic nitrogens is 3. The van der Waals surface area contributed by atoms with Gasteiger partial charge in [-0.2, -0.15) is 0 Å². The lowest BCUT2D eigenvalue weighted by Gasteiger charge is -2.25. The molecule has 0 saturated carbocycles. The number of nitrogens with zero attached hydrogens (tertiary/aromatic N) is 4. The third-order valence-electron chi connectivity index (χ3n) is 4.21. The summed E-state index contributed by atoms with van der Waals surface area (Å²) in [4.78, 5) is 0. The van der Waals surface area contributed by atoms with Gasteiger partial charge in [-0.25, -0.2) is 4.68 Å². The van der Waals surface area contributed by atoms with Crippen LogP contribution in [0.3, 0.4) is 0 Å². The Hall–Kier alpha value is -2.27. The van der Waals surface area contributed by atoms with Crippen LogP contribution in [-0.4, -0.2) is 15.0 Å². The summed E-state index contributed by atoms with van der Waals surface area (Å²) < 4.78 is 3.99. The first-order valence-electron chi connectivity index (χ1n) is 7.76. The molecule has 0 amide bonds. The highest BCUT2D eigenvalue weighted by Gasteiger charge is 2.26. The van der Waals surface area contributed by atoms with Gasteiger partial charge < -0.3 is 4.31 Å². The van der Waals surface area contributed by atoms with Crippen molar-refractivity contribution in [1.82, 2.24) is 15.0 Å². The van der Waals surface area contributed by atoms with Crippen LogP contribution < -0.4 is 4.31 Å². The van der Waals surface area contributed by atoms with Crippen molar-refractivity contribution in [1.29, 1.82) is 0 Å². The van der Waals surface area contributed by atoms with E-state index in [1.54, 1.807) is 0 Å². The van der Waals surface area contributed by atoms with E-state index in [0.717, 1.165) is 34.7 Å². The molecule has 3 aromatic rings. The van der Waals surface area contributed by atoms with Crippen LogP contribution >= 0.6 is 12.8 Å². The summed E-state index contributed by atoms with van der Waals surface area (Å²) in [5, 5.41) is 8.94. The highest BCUT2D eigenvalue weighted by Crippen LogP contribution is 2.42. The second-order valence-electron chi connectivity index (χ2n) is 6.06. The van der Waals surface area contributed by atoms with Gasteiger partial charge in [0.15, 0.2) is 0 Å². The van der Waals surface area contributed by atoms with Crippen molar-refractivity contribution in [2.75, 3.05) is 4.31 Å². The molecule has 2 aromatic carbocycles. The number of para-hydroxylation sites is 1. The van der Waals surface area contributed by atoms with Crippen molar-refractivity contribution in [3.05, 3.63) is 54.1 Å². The summed E-state index contributed by atoms with van der Waals surface area (Å²) in [6.07, 6.45) is 0. The zero-order chi connectivity index (χ0) is 16.0. The van der Waals surface area contributed by atoms with Gasteiger partial charge in [-0.05, 0) is 25.5 Å². The van der Waals surface area contributed by atoms with Crippen molar-refractivity contribution in [3.8, 4) is 22.5 Å². The standard InChI is InChI=1S/C18H18N4S/c1-12(2)22-18-15-9-5-6-10-16(15)21(23)11-13-7-3-4-8-14(13)17(18)19-20-22/h3-10,12,23H,11H2,1-2H3. The third-order valence-corrected chi connectivity index (χ3v) is 4.57. The zero-order valence-electron chi connectivity index (χ0n) is 13.1. The number of thiol groups is 1. The fourth-order valence-electron chi connectivity index (χ4n) is 3.12. The molecule has 0 atom stereocenters. The molecule has 116 valence electrons. The Morgan fingerprint density at radius 3 is 2.48 bits per heavy atom. The Bertz CT molecular complexity index is 869. The van der Waals surface area contributed by atoms with E-state index in [1.807, 2.05) is 21.1 Å². The van der Waals surface area contributed by atoms with Gasteiger partial charge in [-0.1, -0.05) is 60.5 Å². The molecule has 4 nitrogen and oxygen atoms in total. The molecule has 23 heavy (non-hydrogen) atoms. The van der Waals surface area contributed by atoms with Crippen LogP contribution in [0.4, 0.5) is 5.69 Å². The number of fused-ring (bicyclic) bond motifs is 5. The lowest BCUT2D eigenvalue weighted by Crippen LogP contribution is -2.15. The van der Waals surface area contributed by atoms with Crippen LogP contribution in [0.2, 0.25) is 0 Å². The zero-order valence-corrected chi connectivity index (χ0v) is 14.0. The normalized spacial score (nSPS) is 13.1. The van der Waals surface area contributed by atoms with Gasteiger partial charge in [0.2, 0.25) is 0 Å². The van der Waals surface area contributed by atoms with Gasteiger partial charge in [-0.3, -0.25) is 0 Å². The van der Waals surface area contributed by atoms with Gasteiger partial charge in [0.05, 0.1) is 17.9 Å². The first-order valence-corrected chi connectivity index (χ1v) is 8.16. The van der Waals surface area contributed by atoms with Gasteiger partial charge in [0.25, 0.3) is 0 Å². The predicted octanol–water partition coefficient (Wildman–Crippen LogP) is 4.36. The van der Waals surface area contributed by atoms with Gasteiger partial charge in [0, 0.05) is 17.2 Å². The van der Waals surface area contributed by atoms with Crippen LogP contribution in [-0.2, 0) is 6.54 Å². The van der Waals surface area contributed by atoms with Gasteiger partial charge in [-0.15, -0.1) is 5.10 Å². The minimum Gasteiger partial charge on any atom is -0.314 e. The molecule has 1 aliphatic heterocycles. The van der Waals surface area contributed by atoms with Crippen LogP contribution in [0, 0.1) is 0 Å². The first kappa shape index (κ1) is 14.3. The summed E-state index contributed by atoms with van der Waals surface area (Å²) in [7, 11) is 0. The largest absolute Gasteiger partial charge is 0.314 e. The van der Waals surface area contributed by atoms with Crippen molar-refractivity contribution < 1.29 is 0 Å². The molecule has 2 heterocycles.